The minimum atomic E-state index is -4.50. The summed E-state index contributed by atoms with van der Waals surface area (Å²) in [5.74, 6) is -0.00106. The Hall–Kier alpha value is -2.18. The van der Waals surface area contributed by atoms with Crippen molar-refractivity contribution in [3.63, 3.8) is 0 Å². The number of hydrogen-bond acceptors (Lipinski definition) is 3. The van der Waals surface area contributed by atoms with E-state index in [1.54, 1.807) is 0 Å². The molecular weight excluding hydrogens is 283 g/mol. The van der Waals surface area contributed by atoms with Gasteiger partial charge >= 0.3 is 6.18 Å². The van der Waals surface area contributed by atoms with Crippen LogP contribution >= 0.6 is 0 Å². The summed E-state index contributed by atoms with van der Waals surface area (Å²) >= 11 is 0. The van der Waals surface area contributed by atoms with Crippen molar-refractivity contribution in [2.75, 3.05) is 0 Å². The highest BCUT2D eigenvalue weighted by molar-refractivity contribution is 5.97. The Bertz CT molecular complexity index is 691. The maximum atomic E-state index is 12.7. The van der Waals surface area contributed by atoms with Crippen molar-refractivity contribution < 1.29 is 18.0 Å². The van der Waals surface area contributed by atoms with Crippen LogP contribution in [0.3, 0.4) is 0 Å². The number of fused-ring (bicyclic) bond motifs is 1. The van der Waals surface area contributed by atoms with E-state index in [1.807, 2.05) is 0 Å². The Balaban J connectivity index is 2.02. The van der Waals surface area contributed by atoms with Crippen molar-refractivity contribution in [3.05, 3.63) is 41.5 Å². The lowest BCUT2D eigenvalue weighted by Crippen LogP contribution is -2.09. The van der Waals surface area contributed by atoms with E-state index in [0.29, 0.717) is 24.1 Å². The number of alkyl halides is 3. The smallest absolute Gasteiger partial charge is 0.294 e. The molecule has 0 saturated carbocycles. The number of halogens is 3. The topological polar surface area (TPSA) is 47.8 Å². The molecule has 2 aromatic rings. The number of rotatable bonds is 1. The first kappa shape index (κ1) is 13.8. The second-order valence-electron chi connectivity index (χ2n) is 4.96. The zero-order valence-electron chi connectivity index (χ0n) is 11.0. The fraction of sp³-hybridized carbons (Fsp3) is 0.357. The molecule has 0 radical (unpaired) electrons. The van der Waals surface area contributed by atoms with Crippen LogP contribution < -0.4 is 0 Å². The average Bonchev–Trinajstić information content (AvgIpc) is 2.80. The summed E-state index contributed by atoms with van der Waals surface area (Å²) in [6.07, 6.45) is 0.915. The van der Waals surface area contributed by atoms with Crippen LogP contribution in [0.5, 0.6) is 0 Å². The van der Waals surface area contributed by atoms with Gasteiger partial charge in [-0.25, -0.2) is 4.68 Å². The Morgan fingerprint density at radius 1 is 1.19 bits per heavy atom. The fourth-order valence-electron chi connectivity index (χ4n) is 2.39. The Labute approximate surface area is 118 Å². The number of carbonyl (C=O) groups excluding carboxylic acids is 1. The van der Waals surface area contributed by atoms with E-state index in [-0.39, 0.29) is 11.5 Å². The van der Waals surface area contributed by atoms with Gasteiger partial charge in [-0.05, 0) is 31.4 Å². The lowest BCUT2D eigenvalue weighted by Gasteiger charge is -2.07. The summed E-state index contributed by atoms with van der Waals surface area (Å²) in [6.45, 7) is 0. The lowest BCUT2D eigenvalue weighted by atomic mass is 10.1. The number of nitrogens with zero attached hydrogens (tertiary/aromatic N) is 3. The number of carbonyl (C=O) groups is 1. The predicted octanol–water partition coefficient (Wildman–Crippen LogP) is 3.20. The maximum Gasteiger partial charge on any atom is 0.433 e. The minimum absolute atomic E-state index is 0.00106. The Morgan fingerprint density at radius 2 is 1.95 bits per heavy atom. The van der Waals surface area contributed by atoms with Gasteiger partial charge in [0.15, 0.2) is 5.78 Å². The number of pyridine rings is 1. The van der Waals surface area contributed by atoms with Gasteiger partial charge in [0.2, 0.25) is 0 Å². The molecule has 0 unspecified atom stereocenters. The number of aromatic nitrogens is 3. The normalized spacial score (nSPS) is 15.7. The van der Waals surface area contributed by atoms with Gasteiger partial charge in [0, 0.05) is 18.8 Å². The Morgan fingerprint density at radius 3 is 2.71 bits per heavy atom. The van der Waals surface area contributed by atoms with Crippen LogP contribution in [0.15, 0.2) is 24.5 Å². The summed E-state index contributed by atoms with van der Waals surface area (Å²) in [7, 11) is 0. The van der Waals surface area contributed by atoms with Gasteiger partial charge in [0.25, 0.3) is 0 Å². The van der Waals surface area contributed by atoms with Crippen molar-refractivity contribution >= 4 is 5.78 Å². The minimum Gasteiger partial charge on any atom is -0.294 e. The van der Waals surface area contributed by atoms with E-state index in [9.17, 15) is 18.0 Å². The molecule has 0 N–H and O–H groups in total. The van der Waals surface area contributed by atoms with Crippen LogP contribution in [-0.4, -0.2) is 20.5 Å². The number of Topliss-reactive ketones (excluding diaryl/α,β-unsaturated/α-hetero) is 1. The second kappa shape index (κ2) is 4.98. The number of hydrogen-bond donors (Lipinski definition) is 0. The molecule has 0 spiro atoms. The van der Waals surface area contributed by atoms with Crippen molar-refractivity contribution in [1.29, 1.82) is 0 Å². The zero-order valence-corrected chi connectivity index (χ0v) is 11.0. The highest BCUT2D eigenvalue weighted by atomic mass is 19.4. The first-order valence-corrected chi connectivity index (χ1v) is 6.60. The third kappa shape index (κ3) is 2.68. The van der Waals surface area contributed by atoms with Crippen molar-refractivity contribution in [1.82, 2.24) is 14.8 Å². The van der Waals surface area contributed by atoms with Crippen LogP contribution in [0.1, 0.15) is 41.0 Å². The molecule has 0 aromatic carbocycles. The molecule has 0 amide bonds. The third-order valence-electron chi connectivity index (χ3n) is 3.46. The van der Waals surface area contributed by atoms with Crippen LogP contribution in [-0.2, 0) is 12.6 Å². The molecule has 21 heavy (non-hydrogen) atoms. The molecule has 3 rings (SSSR count). The maximum absolute atomic E-state index is 12.7. The first-order valence-electron chi connectivity index (χ1n) is 6.60. The predicted molar refractivity (Wildman–Crippen MR) is 68.2 cm³/mol. The van der Waals surface area contributed by atoms with Gasteiger partial charge in [-0.15, -0.1) is 0 Å². The molecule has 0 fully saturated rings. The van der Waals surface area contributed by atoms with E-state index in [4.69, 9.17) is 0 Å². The highest BCUT2D eigenvalue weighted by Crippen LogP contribution is 2.29. The summed E-state index contributed by atoms with van der Waals surface area (Å²) in [4.78, 5) is 15.2. The number of aryl methyl sites for hydroxylation is 1. The standard InChI is InChI=1S/C14H12F3N3O/c15-14(16,17)13-7-9(5-6-18-13)20-8-10-11(19-20)3-1-2-4-12(10)21/h5-8H,1-4H2. The van der Waals surface area contributed by atoms with Crippen LogP contribution in [0.25, 0.3) is 5.69 Å². The highest BCUT2D eigenvalue weighted by Gasteiger charge is 2.32. The van der Waals surface area contributed by atoms with Gasteiger partial charge in [-0.2, -0.15) is 18.3 Å². The molecular formula is C14H12F3N3O. The molecule has 2 aromatic heterocycles. The number of ketones is 1. The van der Waals surface area contributed by atoms with Crippen LogP contribution in [0.4, 0.5) is 13.2 Å². The van der Waals surface area contributed by atoms with E-state index in [0.717, 1.165) is 25.1 Å². The molecule has 0 aliphatic heterocycles. The molecule has 1 aliphatic carbocycles. The van der Waals surface area contributed by atoms with Gasteiger partial charge in [0.05, 0.1) is 16.9 Å². The van der Waals surface area contributed by atoms with Crippen molar-refractivity contribution in [2.24, 2.45) is 0 Å². The SMILES string of the molecule is O=C1CCCCc2nn(-c3ccnc(C(F)(F)F)c3)cc21. The van der Waals surface area contributed by atoms with Crippen LogP contribution in [0, 0.1) is 0 Å². The van der Waals surface area contributed by atoms with Crippen molar-refractivity contribution in [2.45, 2.75) is 31.9 Å². The van der Waals surface area contributed by atoms with E-state index >= 15 is 0 Å². The summed E-state index contributed by atoms with van der Waals surface area (Å²) in [5, 5.41) is 4.26. The lowest BCUT2D eigenvalue weighted by molar-refractivity contribution is -0.141. The molecule has 2 heterocycles. The molecule has 4 nitrogen and oxygen atoms in total. The fourth-order valence-corrected chi connectivity index (χ4v) is 2.39. The van der Waals surface area contributed by atoms with Crippen molar-refractivity contribution in [3.8, 4) is 5.69 Å². The first-order chi connectivity index (χ1) is 9.95. The molecule has 110 valence electrons. The van der Waals surface area contributed by atoms with Gasteiger partial charge in [-0.1, -0.05) is 0 Å². The van der Waals surface area contributed by atoms with Gasteiger partial charge < -0.3 is 0 Å². The quantitative estimate of drug-likeness (QED) is 0.759. The second-order valence-corrected chi connectivity index (χ2v) is 4.96. The summed E-state index contributed by atoms with van der Waals surface area (Å²) in [6, 6.07) is 2.36. The molecule has 0 saturated heterocycles. The van der Waals surface area contributed by atoms with E-state index in [1.165, 1.54) is 16.9 Å². The average molecular weight is 295 g/mol. The van der Waals surface area contributed by atoms with Gasteiger partial charge in [0.1, 0.15) is 5.69 Å². The van der Waals surface area contributed by atoms with Gasteiger partial charge in [-0.3, -0.25) is 9.78 Å². The molecule has 0 atom stereocenters. The van der Waals surface area contributed by atoms with E-state index in [2.05, 4.69) is 10.1 Å². The molecule has 7 heteroatoms. The monoisotopic (exact) mass is 295 g/mol. The van der Waals surface area contributed by atoms with Crippen LogP contribution in [0.2, 0.25) is 0 Å². The van der Waals surface area contributed by atoms with E-state index < -0.39 is 11.9 Å². The largest absolute Gasteiger partial charge is 0.433 e. The Kier molecular flexibility index (Phi) is 3.27. The zero-order chi connectivity index (χ0) is 15.0. The third-order valence-corrected chi connectivity index (χ3v) is 3.46. The summed E-state index contributed by atoms with van der Waals surface area (Å²) in [5.41, 5.74) is 0.441. The molecule has 1 aliphatic rings. The summed E-state index contributed by atoms with van der Waals surface area (Å²) < 4.78 is 39.4. The molecule has 0 bridgehead atoms.